The minimum atomic E-state index is 0.639. The summed E-state index contributed by atoms with van der Waals surface area (Å²) in [6, 6.07) is 8.09. The van der Waals surface area contributed by atoms with Gasteiger partial charge in [0.05, 0.1) is 25.3 Å². The second kappa shape index (κ2) is 7.43. The van der Waals surface area contributed by atoms with Crippen LogP contribution in [0.3, 0.4) is 0 Å². The van der Waals surface area contributed by atoms with Crippen molar-refractivity contribution in [1.82, 2.24) is 9.97 Å². The maximum absolute atomic E-state index is 5.45. The zero-order valence-corrected chi connectivity index (χ0v) is 12.1. The van der Waals surface area contributed by atoms with Crippen LogP contribution in [0.15, 0.2) is 29.3 Å². The number of fused-ring (bicyclic) bond motifs is 1. The monoisotopic (exact) mass is 278 g/mol. The lowest BCUT2D eigenvalue weighted by Crippen LogP contribution is -2.04. The van der Waals surface area contributed by atoms with Crippen LogP contribution in [0.4, 0.5) is 0 Å². The first-order valence-corrected chi connectivity index (χ1v) is 7.22. The van der Waals surface area contributed by atoms with E-state index >= 15 is 0 Å². The number of nitrogens with zero attached hydrogens (tertiary/aromatic N) is 2. The number of benzene rings is 1. The third-order valence-electron chi connectivity index (χ3n) is 2.58. The Morgan fingerprint density at radius 3 is 2.79 bits per heavy atom. The molecule has 0 N–H and O–H groups in total. The zero-order valence-electron chi connectivity index (χ0n) is 11.3. The Morgan fingerprint density at radius 1 is 1.11 bits per heavy atom. The van der Waals surface area contributed by atoms with Crippen molar-refractivity contribution < 1.29 is 9.47 Å². The summed E-state index contributed by atoms with van der Waals surface area (Å²) in [5, 5.41) is 2.13. The highest BCUT2D eigenvalue weighted by Gasteiger charge is 2.05. The second-order valence-electron chi connectivity index (χ2n) is 4.05. The molecule has 5 heteroatoms. The molecule has 0 amide bonds. The normalized spacial score (nSPS) is 11.1. The van der Waals surface area contributed by atoms with Gasteiger partial charge in [-0.1, -0.05) is 18.2 Å². The molecule has 2 aromatic rings. The number of methoxy groups -OCH3 is 1. The molecule has 0 aliphatic rings. The molecule has 1 heterocycles. The molecule has 0 atom stereocenters. The quantitative estimate of drug-likeness (QED) is 0.442. The lowest BCUT2D eigenvalue weighted by atomic mass is 10.2. The van der Waals surface area contributed by atoms with Gasteiger partial charge in [0.25, 0.3) is 0 Å². The Balaban J connectivity index is 1.96. The number of aromatic nitrogens is 2. The zero-order chi connectivity index (χ0) is 13.5. The van der Waals surface area contributed by atoms with E-state index in [1.807, 2.05) is 25.1 Å². The van der Waals surface area contributed by atoms with Crippen molar-refractivity contribution in [3.8, 4) is 0 Å². The molecular weight excluding hydrogens is 260 g/mol. The Kier molecular flexibility index (Phi) is 5.57. The van der Waals surface area contributed by atoms with Crippen molar-refractivity contribution >= 4 is 22.7 Å². The number of hydrogen-bond donors (Lipinski definition) is 0. The maximum Gasteiger partial charge on any atom is 0.127 e. The molecular formula is C14H18N2O2S. The number of ether oxygens (including phenoxy) is 2. The first-order chi connectivity index (χ1) is 9.31. The molecule has 0 bridgehead atoms. The third-order valence-corrected chi connectivity index (χ3v) is 3.53. The van der Waals surface area contributed by atoms with Gasteiger partial charge in [0.1, 0.15) is 10.9 Å². The maximum atomic E-state index is 5.45. The van der Waals surface area contributed by atoms with E-state index in [0.29, 0.717) is 19.8 Å². The van der Waals surface area contributed by atoms with Crippen LogP contribution in [0.1, 0.15) is 5.82 Å². The number of para-hydroxylation sites is 1. The lowest BCUT2D eigenvalue weighted by Gasteiger charge is -2.07. The van der Waals surface area contributed by atoms with Gasteiger partial charge in [-0.25, -0.2) is 9.97 Å². The van der Waals surface area contributed by atoms with Gasteiger partial charge in [-0.05, 0) is 13.0 Å². The summed E-state index contributed by atoms with van der Waals surface area (Å²) in [5.74, 6) is 1.69. The minimum Gasteiger partial charge on any atom is -0.382 e. The fourth-order valence-electron chi connectivity index (χ4n) is 1.71. The standard InChI is InChI=1S/C14H18N2O2S/c1-11-15-13-6-4-3-5-12(13)14(16-11)19-10-9-18-8-7-17-2/h3-6H,7-10H2,1-2H3. The van der Waals surface area contributed by atoms with Crippen molar-refractivity contribution in [3.05, 3.63) is 30.1 Å². The van der Waals surface area contributed by atoms with Crippen LogP contribution in [0, 0.1) is 6.92 Å². The molecule has 0 saturated heterocycles. The molecule has 0 fully saturated rings. The largest absolute Gasteiger partial charge is 0.382 e. The molecule has 1 aromatic carbocycles. The van der Waals surface area contributed by atoms with Crippen LogP contribution >= 0.6 is 11.8 Å². The smallest absolute Gasteiger partial charge is 0.127 e. The summed E-state index contributed by atoms with van der Waals surface area (Å²) in [6.45, 7) is 3.90. The van der Waals surface area contributed by atoms with E-state index in [1.54, 1.807) is 18.9 Å². The highest BCUT2D eigenvalue weighted by molar-refractivity contribution is 7.99. The SMILES string of the molecule is COCCOCCSc1nc(C)nc2ccccc12. The van der Waals surface area contributed by atoms with Gasteiger partial charge in [-0.3, -0.25) is 0 Å². The summed E-state index contributed by atoms with van der Waals surface area (Å²) in [5.41, 5.74) is 0.998. The summed E-state index contributed by atoms with van der Waals surface area (Å²) in [6.07, 6.45) is 0. The van der Waals surface area contributed by atoms with Crippen LogP contribution in [-0.4, -0.2) is 42.7 Å². The molecule has 0 saturated carbocycles. The topological polar surface area (TPSA) is 44.2 Å². The van der Waals surface area contributed by atoms with Gasteiger partial charge in [-0.2, -0.15) is 0 Å². The van der Waals surface area contributed by atoms with Crippen molar-refractivity contribution in [2.24, 2.45) is 0 Å². The van der Waals surface area contributed by atoms with Gasteiger partial charge >= 0.3 is 0 Å². The van der Waals surface area contributed by atoms with Crippen LogP contribution in [0.25, 0.3) is 10.9 Å². The Labute approximate surface area is 117 Å². The van der Waals surface area contributed by atoms with Crippen molar-refractivity contribution in [2.45, 2.75) is 11.9 Å². The van der Waals surface area contributed by atoms with E-state index in [2.05, 4.69) is 16.0 Å². The van der Waals surface area contributed by atoms with Gasteiger partial charge in [0, 0.05) is 18.2 Å². The van der Waals surface area contributed by atoms with Crippen LogP contribution in [0.5, 0.6) is 0 Å². The number of rotatable bonds is 7. The van der Waals surface area contributed by atoms with Crippen LogP contribution in [-0.2, 0) is 9.47 Å². The number of thioether (sulfide) groups is 1. The molecule has 0 spiro atoms. The lowest BCUT2D eigenvalue weighted by molar-refractivity contribution is 0.0790. The van der Waals surface area contributed by atoms with Crippen molar-refractivity contribution in [3.63, 3.8) is 0 Å². The first-order valence-electron chi connectivity index (χ1n) is 6.24. The minimum absolute atomic E-state index is 0.639. The van der Waals surface area contributed by atoms with Crippen LogP contribution in [0.2, 0.25) is 0 Å². The van der Waals surface area contributed by atoms with Gasteiger partial charge < -0.3 is 9.47 Å². The Bertz CT molecular complexity index is 534. The summed E-state index contributed by atoms with van der Waals surface area (Å²) in [4.78, 5) is 8.94. The van der Waals surface area contributed by atoms with Crippen molar-refractivity contribution in [1.29, 1.82) is 0 Å². The molecule has 19 heavy (non-hydrogen) atoms. The van der Waals surface area contributed by atoms with E-state index in [9.17, 15) is 0 Å². The highest BCUT2D eigenvalue weighted by atomic mass is 32.2. The third kappa shape index (κ3) is 4.16. The first kappa shape index (κ1) is 14.2. The summed E-state index contributed by atoms with van der Waals surface area (Å²) in [7, 11) is 1.67. The van der Waals surface area contributed by atoms with E-state index < -0.39 is 0 Å². The average Bonchev–Trinajstić information content (AvgIpc) is 2.42. The fraction of sp³-hybridized carbons (Fsp3) is 0.429. The molecule has 0 radical (unpaired) electrons. The van der Waals surface area contributed by atoms with Crippen molar-refractivity contribution in [2.75, 3.05) is 32.7 Å². The molecule has 0 unspecified atom stereocenters. The highest BCUT2D eigenvalue weighted by Crippen LogP contribution is 2.24. The Hall–Kier alpha value is -1.17. The molecule has 0 aliphatic heterocycles. The van der Waals surface area contributed by atoms with E-state index in [-0.39, 0.29) is 0 Å². The second-order valence-corrected chi connectivity index (χ2v) is 5.13. The van der Waals surface area contributed by atoms with E-state index in [4.69, 9.17) is 9.47 Å². The molecule has 0 aliphatic carbocycles. The van der Waals surface area contributed by atoms with Gasteiger partial charge in [0.2, 0.25) is 0 Å². The molecule has 1 aromatic heterocycles. The Morgan fingerprint density at radius 2 is 1.95 bits per heavy atom. The number of hydrogen-bond acceptors (Lipinski definition) is 5. The number of aryl methyl sites for hydroxylation is 1. The molecule has 2 rings (SSSR count). The van der Waals surface area contributed by atoms with E-state index in [1.165, 1.54) is 0 Å². The predicted molar refractivity (Wildman–Crippen MR) is 77.7 cm³/mol. The van der Waals surface area contributed by atoms with E-state index in [0.717, 1.165) is 27.5 Å². The molecule has 102 valence electrons. The fourth-order valence-corrected chi connectivity index (χ4v) is 2.63. The average molecular weight is 278 g/mol. The van der Waals surface area contributed by atoms with Crippen LogP contribution < -0.4 is 0 Å². The summed E-state index contributed by atoms with van der Waals surface area (Å²) < 4.78 is 10.4. The van der Waals surface area contributed by atoms with Gasteiger partial charge in [-0.15, -0.1) is 11.8 Å². The van der Waals surface area contributed by atoms with Gasteiger partial charge in [0.15, 0.2) is 0 Å². The molecule has 4 nitrogen and oxygen atoms in total. The summed E-state index contributed by atoms with van der Waals surface area (Å²) >= 11 is 1.71. The predicted octanol–water partition coefficient (Wildman–Crippen LogP) is 2.69.